The van der Waals surface area contributed by atoms with E-state index in [4.69, 9.17) is 0 Å². The van der Waals surface area contributed by atoms with Crippen molar-refractivity contribution < 1.29 is 0 Å². The molecule has 0 heterocycles. The van der Waals surface area contributed by atoms with E-state index >= 15 is 0 Å². The molecule has 5 rings (SSSR count). The van der Waals surface area contributed by atoms with Crippen LogP contribution in [0.1, 0.15) is 33.4 Å². The summed E-state index contributed by atoms with van der Waals surface area (Å²) in [5, 5.41) is 0. The van der Waals surface area contributed by atoms with Gasteiger partial charge in [0, 0.05) is 4.47 Å². The van der Waals surface area contributed by atoms with Gasteiger partial charge in [0.05, 0.1) is 5.41 Å². The van der Waals surface area contributed by atoms with Gasteiger partial charge in [-0.15, -0.1) is 0 Å². The Labute approximate surface area is 175 Å². The van der Waals surface area contributed by atoms with Crippen molar-refractivity contribution in [2.75, 3.05) is 0 Å². The van der Waals surface area contributed by atoms with E-state index in [2.05, 4.69) is 121 Å². The molecule has 1 heteroatoms. The number of hydrogen-bond donors (Lipinski definition) is 0. The third-order valence-corrected chi connectivity index (χ3v) is 6.40. The third-order valence-electron chi connectivity index (χ3n) is 5.91. The molecule has 0 N–H and O–H groups in total. The molecule has 0 fully saturated rings. The van der Waals surface area contributed by atoms with Crippen molar-refractivity contribution in [3.8, 4) is 11.1 Å². The maximum Gasteiger partial charge on any atom is 0.0714 e. The lowest BCUT2D eigenvalue weighted by molar-refractivity contribution is 0.765. The van der Waals surface area contributed by atoms with Gasteiger partial charge in [-0.2, -0.15) is 0 Å². The first-order valence-electron chi connectivity index (χ1n) is 9.65. The molecule has 0 bridgehead atoms. The molecule has 0 radical (unpaired) electrons. The van der Waals surface area contributed by atoms with Crippen LogP contribution in [-0.4, -0.2) is 0 Å². The topological polar surface area (TPSA) is 0 Å². The summed E-state index contributed by atoms with van der Waals surface area (Å²) >= 11 is 3.74. The number of hydrogen-bond acceptors (Lipinski definition) is 0. The number of rotatable bonds is 2. The Morgan fingerprint density at radius 1 is 0.571 bits per heavy atom. The van der Waals surface area contributed by atoms with Crippen LogP contribution in [0.4, 0.5) is 0 Å². The van der Waals surface area contributed by atoms with Crippen LogP contribution in [0.25, 0.3) is 11.1 Å². The quantitative estimate of drug-likeness (QED) is 0.276. The average Bonchev–Trinajstić information content (AvgIpc) is 2.98. The minimum atomic E-state index is -0.312. The molecule has 0 saturated heterocycles. The van der Waals surface area contributed by atoms with E-state index in [1.165, 1.54) is 44.5 Å². The Morgan fingerprint density at radius 3 is 1.82 bits per heavy atom. The second-order valence-corrected chi connectivity index (χ2v) is 8.64. The van der Waals surface area contributed by atoms with Gasteiger partial charge in [0.2, 0.25) is 0 Å². The average molecular weight is 425 g/mol. The van der Waals surface area contributed by atoms with E-state index < -0.39 is 0 Å². The van der Waals surface area contributed by atoms with Crippen LogP contribution in [0, 0.1) is 13.8 Å². The van der Waals surface area contributed by atoms with E-state index in [0.29, 0.717) is 0 Å². The molecule has 0 saturated carbocycles. The fourth-order valence-corrected chi connectivity index (χ4v) is 5.16. The molecular formula is C27H21Br. The molecule has 136 valence electrons. The number of fused-ring (bicyclic) bond motifs is 3. The molecule has 1 aliphatic carbocycles. The minimum absolute atomic E-state index is 0.312. The summed E-state index contributed by atoms with van der Waals surface area (Å²) in [4.78, 5) is 0. The molecule has 0 amide bonds. The molecule has 1 aliphatic rings. The van der Waals surface area contributed by atoms with Crippen LogP contribution in [0.3, 0.4) is 0 Å². The van der Waals surface area contributed by atoms with E-state index in [1.807, 2.05) is 0 Å². The second-order valence-electron chi connectivity index (χ2n) is 7.72. The smallest absolute Gasteiger partial charge is 0.0619 e. The van der Waals surface area contributed by atoms with Crippen LogP contribution in [0.2, 0.25) is 0 Å². The van der Waals surface area contributed by atoms with Gasteiger partial charge in [0.1, 0.15) is 0 Å². The Morgan fingerprint density at radius 2 is 1.18 bits per heavy atom. The maximum absolute atomic E-state index is 3.74. The van der Waals surface area contributed by atoms with Crippen molar-refractivity contribution in [2.45, 2.75) is 19.3 Å². The highest BCUT2D eigenvalue weighted by Gasteiger charge is 2.46. The fourth-order valence-electron chi connectivity index (χ4n) is 4.80. The predicted molar refractivity (Wildman–Crippen MR) is 121 cm³/mol. The van der Waals surface area contributed by atoms with Crippen molar-refractivity contribution in [1.82, 2.24) is 0 Å². The van der Waals surface area contributed by atoms with Crippen LogP contribution >= 0.6 is 15.9 Å². The zero-order valence-corrected chi connectivity index (χ0v) is 17.6. The van der Waals surface area contributed by atoms with Crippen LogP contribution < -0.4 is 0 Å². The maximum atomic E-state index is 3.74. The summed E-state index contributed by atoms with van der Waals surface area (Å²) in [6.45, 7) is 4.35. The fraction of sp³-hybridized carbons (Fsp3) is 0.111. The molecule has 0 aromatic heterocycles. The molecule has 0 spiro atoms. The minimum Gasteiger partial charge on any atom is -0.0619 e. The van der Waals surface area contributed by atoms with Gasteiger partial charge >= 0.3 is 0 Å². The van der Waals surface area contributed by atoms with E-state index in [1.54, 1.807) is 0 Å². The molecule has 0 nitrogen and oxygen atoms in total. The lowest BCUT2D eigenvalue weighted by atomic mass is 9.67. The van der Waals surface area contributed by atoms with Crippen LogP contribution in [0.15, 0.2) is 95.5 Å². The highest BCUT2D eigenvalue weighted by Crippen LogP contribution is 2.56. The highest BCUT2D eigenvalue weighted by molar-refractivity contribution is 9.10. The van der Waals surface area contributed by atoms with Gasteiger partial charge in [-0.25, -0.2) is 0 Å². The first kappa shape index (κ1) is 17.5. The van der Waals surface area contributed by atoms with E-state index in [9.17, 15) is 0 Å². The Hall–Kier alpha value is -2.64. The SMILES string of the molecule is Cc1cccc(C2(c3cccc(C)c3)c3ccccc3-c3ccc(Br)cc32)c1. The zero-order valence-electron chi connectivity index (χ0n) is 16.0. The Kier molecular flexibility index (Phi) is 4.03. The number of benzene rings is 4. The predicted octanol–water partition coefficient (Wildman–Crippen LogP) is 7.43. The molecule has 0 unspecified atom stereocenters. The van der Waals surface area contributed by atoms with E-state index in [0.717, 1.165) is 4.47 Å². The largest absolute Gasteiger partial charge is 0.0714 e. The lowest BCUT2D eigenvalue weighted by Gasteiger charge is -2.34. The van der Waals surface area contributed by atoms with Crippen molar-refractivity contribution in [3.63, 3.8) is 0 Å². The highest BCUT2D eigenvalue weighted by atomic mass is 79.9. The molecule has 28 heavy (non-hydrogen) atoms. The van der Waals surface area contributed by atoms with Crippen molar-refractivity contribution in [3.05, 3.63) is 129 Å². The van der Waals surface area contributed by atoms with Gasteiger partial charge in [0.15, 0.2) is 0 Å². The van der Waals surface area contributed by atoms with Crippen LogP contribution in [0.5, 0.6) is 0 Å². The Bertz CT molecular complexity index is 1160. The van der Waals surface area contributed by atoms with Gasteiger partial charge in [-0.1, -0.05) is 106 Å². The third kappa shape index (κ3) is 2.43. The first-order chi connectivity index (χ1) is 13.6. The number of aryl methyl sites for hydroxylation is 2. The molecule has 0 aliphatic heterocycles. The van der Waals surface area contributed by atoms with Crippen molar-refractivity contribution in [1.29, 1.82) is 0 Å². The summed E-state index contributed by atoms with van der Waals surface area (Å²) in [6, 6.07) is 33.5. The van der Waals surface area contributed by atoms with E-state index in [-0.39, 0.29) is 5.41 Å². The Balaban J connectivity index is 1.99. The lowest BCUT2D eigenvalue weighted by Crippen LogP contribution is -2.28. The molecular weight excluding hydrogens is 404 g/mol. The first-order valence-corrected chi connectivity index (χ1v) is 10.4. The van der Waals surface area contributed by atoms with Crippen LogP contribution in [-0.2, 0) is 5.41 Å². The summed E-state index contributed by atoms with van der Waals surface area (Å²) in [5.74, 6) is 0. The van der Waals surface area contributed by atoms with Gasteiger partial charge in [0.25, 0.3) is 0 Å². The van der Waals surface area contributed by atoms with Crippen molar-refractivity contribution in [2.24, 2.45) is 0 Å². The zero-order chi connectivity index (χ0) is 19.3. The molecule has 0 atom stereocenters. The van der Waals surface area contributed by atoms with Gasteiger partial charge in [-0.05, 0) is 59.4 Å². The van der Waals surface area contributed by atoms with Gasteiger partial charge in [-0.3, -0.25) is 0 Å². The standard InChI is InChI=1S/C27H21Br/c1-18-7-5-9-20(15-18)27(21-10-6-8-19(2)16-21)25-12-4-3-11-23(25)24-14-13-22(28)17-26(24)27/h3-17H,1-2H3. The normalized spacial score (nSPS) is 13.8. The summed E-state index contributed by atoms with van der Waals surface area (Å²) in [5.41, 5.74) is 10.3. The molecule has 4 aromatic carbocycles. The molecule has 4 aromatic rings. The van der Waals surface area contributed by atoms with Crippen molar-refractivity contribution >= 4 is 15.9 Å². The second kappa shape index (κ2) is 6.46. The van der Waals surface area contributed by atoms with Gasteiger partial charge < -0.3 is 0 Å². The summed E-state index contributed by atoms with van der Waals surface area (Å²) in [7, 11) is 0. The monoisotopic (exact) mass is 424 g/mol. The number of halogens is 1. The summed E-state index contributed by atoms with van der Waals surface area (Å²) < 4.78 is 1.11. The summed E-state index contributed by atoms with van der Waals surface area (Å²) in [6.07, 6.45) is 0.